The Morgan fingerprint density at radius 2 is 1.52 bits per heavy atom. The Morgan fingerprint density at radius 1 is 0.880 bits per heavy atom. The SMILES string of the molecule is COc1cc(OC)nc(COS(=O)(=O)c2ccc3ccccc3c2)n1. The van der Waals surface area contributed by atoms with Crippen LogP contribution in [-0.4, -0.2) is 32.6 Å². The number of hydrogen-bond donors (Lipinski definition) is 0. The number of benzene rings is 2. The van der Waals surface area contributed by atoms with E-state index < -0.39 is 10.1 Å². The predicted octanol–water partition coefficient (Wildman–Crippen LogP) is 2.55. The first-order chi connectivity index (χ1) is 12.0. The van der Waals surface area contributed by atoms with E-state index in [0.717, 1.165) is 10.8 Å². The number of fused-ring (bicyclic) bond motifs is 1. The van der Waals surface area contributed by atoms with E-state index in [1.807, 2.05) is 24.3 Å². The summed E-state index contributed by atoms with van der Waals surface area (Å²) in [5.41, 5.74) is 0. The van der Waals surface area contributed by atoms with Crippen molar-refractivity contribution in [2.45, 2.75) is 11.5 Å². The molecule has 3 aromatic rings. The Kier molecular flexibility index (Phi) is 4.82. The summed E-state index contributed by atoms with van der Waals surface area (Å²) < 4.78 is 40.0. The van der Waals surface area contributed by atoms with Crippen molar-refractivity contribution in [2.24, 2.45) is 0 Å². The molecule has 1 aromatic heterocycles. The Labute approximate surface area is 145 Å². The number of rotatable bonds is 6. The molecule has 0 saturated carbocycles. The zero-order valence-corrected chi connectivity index (χ0v) is 14.5. The van der Waals surface area contributed by atoms with Crippen LogP contribution in [0.15, 0.2) is 53.4 Å². The van der Waals surface area contributed by atoms with Crippen LogP contribution in [0.5, 0.6) is 11.8 Å². The highest BCUT2D eigenvalue weighted by molar-refractivity contribution is 7.86. The lowest BCUT2D eigenvalue weighted by atomic mass is 10.1. The first-order valence-corrected chi connectivity index (χ1v) is 8.77. The molecule has 0 aliphatic heterocycles. The van der Waals surface area contributed by atoms with Crippen LogP contribution in [0, 0.1) is 0 Å². The molecule has 25 heavy (non-hydrogen) atoms. The van der Waals surface area contributed by atoms with Crippen LogP contribution in [0.25, 0.3) is 10.8 Å². The second-order valence-corrected chi connectivity index (χ2v) is 6.71. The third-order valence-electron chi connectivity index (χ3n) is 3.50. The van der Waals surface area contributed by atoms with Gasteiger partial charge < -0.3 is 9.47 Å². The normalized spacial score (nSPS) is 11.4. The summed E-state index contributed by atoms with van der Waals surface area (Å²) in [5, 5.41) is 1.76. The third kappa shape index (κ3) is 3.86. The van der Waals surface area contributed by atoms with Crippen molar-refractivity contribution in [3.05, 3.63) is 54.4 Å². The fourth-order valence-corrected chi connectivity index (χ4v) is 3.15. The molecule has 130 valence electrons. The maximum atomic E-state index is 12.4. The Hall–Kier alpha value is -2.71. The van der Waals surface area contributed by atoms with Crippen LogP contribution >= 0.6 is 0 Å². The second-order valence-electron chi connectivity index (χ2n) is 5.09. The predicted molar refractivity (Wildman–Crippen MR) is 91.1 cm³/mol. The molecular formula is C17H16N2O5S. The highest BCUT2D eigenvalue weighted by Crippen LogP contribution is 2.21. The van der Waals surface area contributed by atoms with Gasteiger partial charge in [-0.3, -0.25) is 4.18 Å². The molecule has 0 spiro atoms. The summed E-state index contributed by atoms with van der Waals surface area (Å²) >= 11 is 0. The van der Waals surface area contributed by atoms with E-state index in [9.17, 15) is 8.42 Å². The number of ether oxygens (including phenoxy) is 2. The van der Waals surface area contributed by atoms with Gasteiger partial charge in [0.15, 0.2) is 5.82 Å². The Morgan fingerprint density at radius 3 is 2.16 bits per heavy atom. The van der Waals surface area contributed by atoms with Crippen LogP contribution in [0.3, 0.4) is 0 Å². The van der Waals surface area contributed by atoms with E-state index in [1.54, 1.807) is 12.1 Å². The lowest BCUT2D eigenvalue weighted by molar-refractivity contribution is 0.290. The standard InChI is InChI=1S/C17H16N2O5S/c1-22-16-10-17(23-2)19-15(18-16)11-24-25(20,21)14-8-7-12-5-3-4-6-13(12)9-14/h3-10H,11H2,1-2H3. The summed E-state index contributed by atoms with van der Waals surface area (Å²) in [6.07, 6.45) is 0. The quantitative estimate of drug-likeness (QED) is 0.624. The van der Waals surface area contributed by atoms with E-state index in [1.165, 1.54) is 26.4 Å². The lowest BCUT2D eigenvalue weighted by Crippen LogP contribution is -2.09. The molecule has 0 bridgehead atoms. The summed E-state index contributed by atoms with van der Waals surface area (Å²) in [4.78, 5) is 8.16. The molecule has 0 unspecified atom stereocenters. The van der Waals surface area contributed by atoms with Crippen LogP contribution in [-0.2, 0) is 20.9 Å². The molecule has 3 rings (SSSR count). The minimum Gasteiger partial charge on any atom is -0.481 e. The minimum absolute atomic E-state index is 0.0704. The Bertz CT molecular complexity index is 983. The molecule has 7 nitrogen and oxygen atoms in total. The number of hydrogen-bond acceptors (Lipinski definition) is 7. The van der Waals surface area contributed by atoms with E-state index in [4.69, 9.17) is 13.7 Å². The van der Waals surface area contributed by atoms with Crippen molar-refractivity contribution in [1.82, 2.24) is 9.97 Å². The molecule has 0 N–H and O–H groups in total. The van der Waals surface area contributed by atoms with Crippen molar-refractivity contribution in [2.75, 3.05) is 14.2 Å². The van der Waals surface area contributed by atoms with Gasteiger partial charge in [0.25, 0.3) is 10.1 Å². The van der Waals surface area contributed by atoms with Crippen LogP contribution < -0.4 is 9.47 Å². The molecular weight excluding hydrogens is 344 g/mol. The molecule has 0 fully saturated rings. The first kappa shape index (κ1) is 17.1. The van der Waals surface area contributed by atoms with Crippen molar-refractivity contribution >= 4 is 20.9 Å². The van der Waals surface area contributed by atoms with Crippen LogP contribution in [0.4, 0.5) is 0 Å². The van der Waals surface area contributed by atoms with E-state index >= 15 is 0 Å². The molecule has 0 aliphatic carbocycles. The van der Waals surface area contributed by atoms with E-state index in [2.05, 4.69) is 9.97 Å². The van der Waals surface area contributed by atoms with Gasteiger partial charge in [0, 0.05) is 0 Å². The van der Waals surface area contributed by atoms with Gasteiger partial charge in [-0.25, -0.2) is 0 Å². The molecule has 2 aromatic carbocycles. The molecule has 0 saturated heterocycles. The molecule has 0 atom stereocenters. The molecule has 1 heterocycles. The summed E-state index contributed by atoms with van der Waals surface area (Å²) in [6.45, 7) is -0.331. The number of nitrogens with zero attached hydrogens (tertiary/aromatic N) is 2. The number of methoxy groups -OCH3 is 2. The summed E-state index contributed by atoms with van der Waals surface area (Å²) in [7, 11) is -1.07. The van der Waals surface area contributed by atoms with Gasteiger partial charge in [0.05, 0.1) is 25.2 Å². The summed E-state index contributed by atoms with van der Waals surface area (Å²) in [6, 6.07) is 13.8. The van der Waals surface area contributed by atoms with Crippen molar-refractivity contribution in [1.29, 1.82) is 0 Å². The maximum Gasteiger partial charge on any atom is 0.297 e. The van der Waals surface area contributed by atoms with Gasteiger partial charge in [-0.15, -0.1) is 0 Å². The zero-order valence-electron chi connectivity index (χ0n) is 13.7. The van der Waals surface area contributed by atoms with E-state index in [0.29, 0.717) is 0 Å². The van der Waals surface area contributed by atoms with Crippen molar-refractivity contribution < 1.29 is 22.1 Å². The fraction of sp³-hybridized carbons (Fsp3) is 0.176. The molecule has 0 amide bonds. The van der Waals surface area contributed by atoms with Gasteiger partial charge in [0.2, 0.25) is 11.8 Å². The zero-order chi connectivity index (χ0) is 17.9. The largest absolute Gasteiger partial charge is 0.481 e. The minimum atomic E-state index is -3.95. The first-order valence-electron chi connectivity index (χ1n) is 7.36. The van der Waals surface area contributed by atoms with Gasteiger partial charge in [-0.05, 0) is 22.9 Å². The number of aromatic nitrogens is 2. The molecule has 0 aliphatic rings. The second kappa shape index (κ2) is 7.04. The monoisotopic (exact) mass is 360 g/mol. The molecule has 8 heteroatoms. The highest BCUT2D eigenvalue weighted by Gasteiger charge is 2.17. The topological polar surface area (TPSA) is 87.6 Å². The van der Waals surface area contributed by atoms with Gasteiger partial charge in [-0.1, -0.05) is 30.3 Å². The third-order valence-corrected chi connectivity index (χ3v) is 4.76. The molecule has 0 radical (unpaired) electrons. The van der Waals surface area contributed by atoms with Gasteiger partial charge >= 0.3 is 0 Å². The average Bonchev–Trinajstić information content (AvgIpc) is 2.65. The maximum absolute atomic E-state index is 12.4. The van der Waals surface area contributed by atoms with Crippen LogP contribution in [0.2, 0.25) is 0 Å². The van der Waals surface area contributed by atoms with Crippen LogP contribution in [0.1, 0.15) is 5.82 Å². The van der Waals surface area contributed by atoms with E-state index in [-0.39, 0.29) is 29.1 Å². The Balaban J connectivity index is 1.83. The van der Waals surface area contributed by atoms with Crippen molar-refractivity contribution in [3.8, 4) is 11.8 Å². The lowest BCUT2D eigenvalue weighted by Gasteiger charge is -2.08. The van der Waals surface area contributed by atoms with Gasteiger partial charge in [0.1, 0.15) is 6.61 Å². The van der Waals surface area contributed by atoms with Gasteiger partial charge in [-0.2, -0.15) is 18.4 Å². The van der Waals surface area contributed by atoms with Crippen molar-refractivity contribution in [3.63, 3.8) is 0 Å². The summed E-state index contributed by atoms with van der Waals surface area (Å²) in [5.74, 6) is 0.655. The highest BCUT2D eigenvalue weighted by atomic mass is 32.2. The smallest absolute Gasteiger partial charge is 0.297 e. The fourth-order valence-electron chi connectivity index (χ4n) is 2.24. The average molecular weight is 360 g/mol.